The number of rotatable bonds is 6. The number of carbonyl (C=O) groups excluding carboxylic acids is 3. The molecular formula is C31H42N2O8. The predicted molar refractivity (Wildman–Crippen MR) is 149 cm³/mol. The molecule has 1 amide bonds. The zero-order valence-corrected chi connectivity index (χ0v) is 24.8. The van der Waals surface area contributed by atoms with Crippen molar-refractivity contribution >= 4 is 23.7 Å². The second-order valence-corrected chi connectivity index (χ2v) is 14.3. The van der Waals surface area contributed by atoms with Gasteiger partial charge in [0.1, 0.15) is 16.8 Å². The van der Waals surface area contributed by atoms with Crippen LogP contribution in [0.3, 0.4) is 0 Å². The molecule has 4 aliphatic carbocycles. The molecule has 2 atom stereocenters. The van der Waals surface area contributed by atoms with Gasteiger partial charge in [0.05, 0.1) is 16.3 Å². The van der Waals surface area contributed by atoms with Gasteiger partial charge < -0.3 is 19.1 Å². The molecule has 4 bridgehead atoms. The van der Waals surface area contributed by atoms with Crippen molar-refractivity contribution in [3.63, 3.8) is 0 Å². The lowest BCUT2D eigenvalue weighted by Crippen LogP contribution is -2.60. The van der Waals surface area contributed by atoms with Gasteiger partial charge in [-0.15, -0.1) is 0 Å². The molecule has 0 radical (unpaired) electrons. The second kappa shape index (κ2) is 10.3. The van der Waals surface area contributed by atoms with Crippen molar-refractivity contribution in [3.05, 3.63) is 39.9 Å². The largest absolute Gasteiger partial charge is 0.459 e. The summed E-state index contributed by atoms with van der Waals surface area (Å²) in [5, 5.41) is 11.1. The topological polar surface area (TPSA) is 125 Å². The summed E-state index contributed by atoms with van der Waals surface area (Å²) < 4.78 is 18.0. The average Bonchev–Trinajstić information content (AvgIpc) is 2.86. The van der Waals surface area contributed by atoms with Crippen LogP contribution >= 0.6 is 0 Å². The molecule has 5 fully saturated rings. The summed E-state index contributed by atoms with van der Waals surface area (Å²) in [6, 6.07) is 6.09. The summed E-state index contributed by atoms with van der Waals surface area (Å²) in [5.41, 5.74) is -2.25. The van der Waals surface area contributed by atoms with E-state index in [1.165, 1.54) is 12.1 Å². The van der Waals surface area contributed by atoms with Crippen molar-refractivity contribution in [1.82, 2.24) is 4.90 Å². The van der Waals surface area contributed by atoms with Crippen molar-refractivity contribution in [3.8, 4) is 0 Å². The fourth-order valence-corrected chi connectivity index (χ4v) is 7.84. The SMILES string of the molecule is CC(C)(C)OC(=O)N1CCC(C(=O)OC23CC4CC(C2)CC(C(=O)OC(C)(C)c2ccc([N+](=O)[O-])cc2)(C4)C3)CC1. The van der Waals surface area contributed by atoms with Gasteiger partial charge >= 0.3 is 18.0 Å². The van der Waals surface area contributed by atoms with E-state index in [4.69, 9.17) is 14.2 Å². The number of non-ortho nitro benzene ring substituents is 1. The first-order chi connectivity index (χ1) is 19.1. The summed E-state index contributed by atoms with van der Waals surface area (Å²) in [7, 11) is 0. The Kier molecular flexibility index (Phi) is 7.35. The highest BCUT2D eigenvalue weighted by Gasteiger charge is 2.63. The standard InChI is InChI=1S/C31H42N2O8/c1-28(2,3)41-27(36)32-12-10-22(11-13-32)25(34)39-31-17-20-14-21(18-31)16-30(15-20,19-31)26(35)40-29(4,5)23-6-8-24(9-7-23)33(37)38/h6-9,20-22H,10-19H2,1-5H3. The molecule has 1 aliphatic heterocycles. The first-order valence-corrected chi connectivity index (χ1v) is 14.8. The molecule has 2 unspecified atom stereocenters. The fraction of sp³-hybridized carbons (Fsp3) is 0.710. The minimum atomic E-state index is -0.971. The molecule has 10 nitrogen and oxygen atoms in total. The van der Waals surface area contributed by atoms with Gasteiger partial charge in [-0.3, -0.25) is 19.7 Å². The molecule has 1 saturated heterocycles. The van der Waals surface area contributed by atoms with Crippen LogP contribution in [0.15, 0.2) is 24.3 Å². The number of hydrogen-bond donors (Lipinski definition) is 0. The Bertz CT molecular complexity index is 1200. The molecule has 1 aromatic rings. The van der Waals surface area contributed by atoms with Crippen LogP contribution in [0, 0.1) is 33.3 Å². The van der Waals surface area contributed by atoms with Gasteiger partial charge in [-0.1, -0.05) is 0 Å². The van der Waals surface area contributed by atoms with Crippen molar-refractivity contribution in [1.29, 1.82) is 0 Å². The van der Waals surface area contributed by atoms with E-state index in [-0.39, 0.29) is 29.6 Å². The van der Waals surface area contributed by atoms with E-state index in [1.807, 2.05) is 20.8 Å². The van der Waals surface area contributed by atoms with Crippen LogP contribution in [0.25, 0.3) is 0 Å². The number of carbonyl (C=O) groups is 3. The Balaban J connectivity index is 1.24. The van der Waals surface area contributed by atoms with Gasteiger partial charge in [0, 0.05) is 31.6 Å². The Hall–Kier alpha value is -3.17. The lowest BCUT2D eigenvalue weighted by atomic mass is 9.48. The van der Waals surface area contributed by atoms with Crippen molar-refractivity contribution in [2.45, 2.75) is 103 Å². The van der Waals surface area contributed by atoms with E-state index in [9.17, 15) is 24.5 Å². The number of nitro benzene ring substituents is 1. The molecule has 6 rings (SSSR count). The van der Waals surface area contributed by atoms with Crippen molar-refractivity contribution in [2.24, 2.45) is 23.2 Å². The summed E-state index contributed by atoms with van der Waals surface area (Å²) in [6.07, 6.45) is 5.19. The van der Waals surface area contributed by atoms with Crippen LogP contribution in [0.5, 0.6) is 0 Å². The molecule has 4 saturated carbocycles. The van der Waals surface area contributed by atoms with Gasteiger partial charge in [0.2, 0.25) is 0 Å². The van der Waals surface area contributed by atoms with Gasteiger partial charge in [-0.05, 0) is 109 Å². The normalized spacial score (nSPS) is 29.6. The number of nitrogens with zero attached hydrogens (tertiary/aromatic N) is 2. The third kappa shape index (κ3) is 6.06. The second-order valence-electron chi connectivity index (χ2n) is 14.3. The number of hydrogen-bond acceptors (Lipinski definition) is 8. The summed E-state index contributed by atoms with van der Waals surface area (Å²) >= 11 is 0. The number of nitro groups is 1. The molecule has 0 N–H and O–H groups in total. The lowest BCUT2D eigenvalue weighted by Gasteiger charge is -2.60. The molecule has 0 aromatic heterocycles. The molecule has 1 heterocycles. The smallest absolute Gasteiger partial charge is 0.410 e. The van der Waals surface area contributed by atoms with Crippen LogP contribution in [0.1, 0.15) is 91.5 Å². The molecule has 224 valence electrons. The monoisotopic (exact) mass is 570 g/mol. The van der Waals surface area contributed by atoms with Crippen molar-refractivity contribution in [2.75, 3.05) is 13.1 Å². The maximum Gasteiger partial charge on any atom is 0.410 e. The van der Waals surface area contributed by atoms with Crippen LogP contribution in [0.4, 0.5) is 10.5 Å². The van der Waals surface area contributed by atoms with Crippen LogP contribution < -0.4 is 0 Å². The number of ether oxygens (including phenoxy) is 3. The quantitative estimate of drug-likeness (QED) is 0.179. The zero-order valence-electron chi connectivity index (χ0n) is 24.8. The van der Waals surface area contributed by atoms with E-state index in [0.29, 0.717) is 49.8 Å². The van der Waals surface area contributed by atoms with E-state index in [1.54, 1.807) is 30.9 Å². The summed E-state index contributed by atoms with van der Waals surface area (Å²) in [4.78, 5) is 52.0. The number of likely N-dealkylation sites (tertiary alicyclic amines) is 1. The lowest BCUT2D eigenvalue weighted by molar-refractivity contribution is -0.384. The molecule has 41 heavy (non-hydrogen) atoms. The molecule has 10 heteroatoms. The van der Waals surface area contributed by atoms with E-state index in [0.717, 1.165) is 32.1 Å². The summed E-state index contributed by atoms with van der Waals surface area (Å²) in [5.74, 6) is -0.196. The highest BCUT2D eigenvalue weighted by atomic mass is 16.6. The highest BCUT2D eigenvalue weighted by Crippen LogP contribution is 2.63. The Morgan fingerprint density at radius 2 is 1.51 bits per heavy atom. The van der Waals surface area contributed by atoms with Crippen LogP contribution in [-0.2, 0) is 29.4 Å². The number of benzene rings is 1. The average molecular weight is 571 g/mol. The van der Waals surface area contributed by atoms with Gasteiger partial charge in [-0.25, -0.2) is 4.79 Å². The third-order valence-electron chi connectivity index (χ3n) is 9.36. The van der Waals surface area contributed by atoms with E-state index >= 15 is 0 Å². The van der Waals surface area contributed by atoms with E-state index in [2.05, 4.69) is 0 Å². The maximum atomic E-state index is 13.9. The third-order valence-corrected chi connectivity index (χ3v) is 9.36. The predicted octanol–water partition coefficient (Wildman–Crippen LogP) is 5.90. The molecule has 0 spiro atoms. The highest BCUT2D eigenvalue weighted by molar-refractivity contribution is 5.79. The van der Waals surface area contributed by atoms with Crippen molar-refractivity contribution < 1.29 is 33.5 Å². The number of amides is 1. The molecule has 1 aromatic carbocycles. The Labute approximate surface area is 241 Å². The minimum Gasteiger partial charge on any atom is -0.459 e. The molecular weight excluding hydrogens is 528 g/mol. The van der Waals surface area contributed by atoms with Crippen LogP contribution in [-0.4, -0.2) is 52.1 Å². The first-order valence-electron chi connectivity index (χ1n) is 14.8. The summed E-state index contributed by atoms with van der Waals surface area (Å²) in [6.45, 7) is 9.99. The minimum absolute atomic E-state index is 0.0174. The van der Waals surface area contributed by atoms with Gasteiger partial charge in [0.25, 0.3) is 5.69 Å². The molecule has 5 aliphatic rings. The number of piperidine rings is 1. The fourth-order valence-electron chi connectivity index (χ4n) is 7.84. The Morgan fingerprint density at radius 1 is 0.927 bits per heavy atom. The van der Waals surface area contributed by atoms with Gasteiger partial charge in [-0.2, -0.15) is 0 Å². The first kappa shape index (κ1) is 29.3. The maximum absolute atomic E-state index is 13.9. The Morgan fingerprint density at radius 3 is 2.05 bits per heavy atom. The van der Waals surface area contributed by atoms with Crippen LogP contribution in [0.2, 0.25) is 0 Å². The number of esters is 2. The van der Waals surface area contributed by atoms with Gasteiger partial charge in [0.15, 0.2) is 0 Å². The zero-order chi connectivity index (χ0) is 29.8. The van der Waals surface area contributed by atoms with E-state index < -0.39 is 27.1 Å².